The number of aromatic amines is 1. The number of hydrogen-bond acceptors (Lipinski definition) is 2. The van der Waals surface area contributed by atoms with E-state index in [2.05, 4.69) is 4.98 Å². The Labute approximate surface area is 205 Å². The average molecular weight is 522 g/mol. The molecule has 3 aromatic carbocycles. The van der Waals surface area contributed by atoms with Gasteiger partial charge in [-0.2, -0.15) is 13.2 Å². The van der Waals surface area contributed by atoms with E-state index in [-0.39, 0.29) is 18.7 Å². The van der Waals surface area contributed by atoms with E-state index in [1.165, 1.54) is 7.11 Å². The third kappa shape index (κ3) is 4.17. The Morgan fingerprint density at radius 3 is 2.38 bits per heavy atom. The standard InChI is InChI=1S/C26H17F7N2O2/c1-37-13-3-5-22-15(9-13)14-6-7-35(25(36)17-8-12(26(31,32)33)2-4-18(17)27)24(23(14)34-22)16-10-20(29)21(30)11-19(16)28/h2-5,8-11,24,34H,6-7H2,1H3. The highest BCUT2D eigenvalue weighted by Gasteiger charge is 2.39. The zero-order valence-corrected chi connectivity index (χ0v) is 19.0. The fraction of sp³-hybridized carbons (Fsp3) is 0.192. The van der Waals surface area contributed by atoms with Crippen molar-refractivity contribution >= 4 is 16.8 Å². The number of alkyl halides is 3. The van der Waals surface area contributed by atoms with Crippen LogP contribution in [0.5, 0.6) is 5.75 Å². The molecule has 5 rings (SSSR count). The first-order valence-electron chi connectivity index (χ1n) is 11.0. The van der Waals surface area contributed by atoms with Crippen molar-refractivity contribution in [2.75, 3.05) is 13.7 Å². The summed E-state index contributed by atoms with van der Waals surface area (Å²) in [5, 5.41) is 0.666. The molecule has 11 heteroatoms. The van der Waals surface area contributed by atoms with Crippen LogP contribution < -0.4 is 4.74 Å². The lowest BCUT2D eigenvalue weighted by Gasteiger charge is -2.36. The van der Waals surface area contributed by atoms with Gasteiger partial charge in [-0.15, -0.1) is 0 Å². The first kappa shape index (κ1) is 24.7. The summed E-state index contributed by atoms with van der Waals surface area (Å²) in [6.45, 7) is -0.172. The minimum atomic E-state index is -4.85. The highest BCUT2D eigenvalue weighted by Crippen LogP contribution is 2.41. The second-order valence-corrected chi connectivity index (χ2v) is 8.56. The fourth-order valence-corrected chi connectivity index (χ4v) is 4.70. The number of carbonyl (C=O) groups excluding carboxylic acids is 1. The Morgan fingerprint density at radius 2 is 1.68 bits per heavy atom. The third-order valence-corrected chi connectivity index (χ3v) is 6.45. The minimum Gasteiger partial charge on any atom is -0.497 e. The molecule has 1 aromatic heterocycles. The van der Waals surface area contributed by atoms with Crippen molar-refractivity contribution in [2.45, 2.75) is 18.6 Å². The van der Waals surface area contributed by atoms with Gasteiger partial charge in [0.05, 0.1) is 18.2 Å². The summed E-state index contributed by atoms with van der Waals surface area (Å²) < 4.78 is 103. The number of hydrogen-bond donors (Lipinski definition) is 1. The fourth-order valence-electron chi connectivity index (χ4n) is 4.70. The van der Waals surface area contributed by atoms with E-state index in [0.717, 1.165) is 4.90 Å². The molecular weight excluding hydrogens is 505 g/mol. The van der Waals surface area contributed by atoms with Crippen LogP contribution in [0.1, 0.15) is 38.8 Å². The first-order chi connectivity index (χ1) is 17.5. The van der Waals surface area contributed by atoms with Crippen molar-refractivity contribution in [1.82, 2.24) is 9.88 Å². The molecule has 1 amide bonds. The van der Waals surface area contributed by atoms with Crippen molar-refractivity contribution < 1.29 is 40.3 Å². The van der Waals surface area contributed by atoms with Crippen molar-refractivity contribution in [3.8, 4) is 5.75 Å². The maximum atomic E-state index is 15.0. The molecule has 1 aliphatic heterocycles. The van der Waals surface area contributed by atoms with Gasteiger partial charge in [-0.25, -0.2) is 17.6 Å². The molecule has 1 unspecified atom stereocenters. The van der Waals surface area contributed by atoms with Crippen molar-refractivity contribution in [3.05, 3.63) is 99.7 Å². The maximum absolute atomic E-state index is 15.0. The lowest BCUT2D eigenvalue weighted by molar-refractivity contribution is -0.137. The number of nitrogens with zero attached hydrogens (tertiary/aromatic N) is 1. The molecule has 0 saturated carbocycles. The van der Waals surface area contributed by atoms with Crippen LogP contribution in [0.15, 0.2) is 48.5 Å². The van der Waals surface area contributed by atoms with Gasteiger partial charge in [0.15, 0.2) is 11.6 Å². The van der Waals surface area contributed by atoms with Gasteiger partial charge in [0, 0.05) is 34.8 Å². The van der Waals surface area contributed by atoms with Gasteiger partial charge in [0.25, 0.3) is 5.91 Å². The minimum absolute atomic E-state index is 0.163. The quantitative estimate of drug-likeness (QED) is 0.245. The zero-order valence-electron chi connectivity index (χ0n) is 19.0. The number of carbonyl (C=O) groups is 1. The maximum Gasteiger partial charge on any atom is 0.416 e. The molecule has 0 fully saturated rings. The highest BCUT2D eigenvalue weighted by molar-refractivity contribution is 5.96. The Morgan fingerprint density at radius 1 is 0.946 bits per heavy atom. The molecule has 0 radical (unpaired) electrons. The molecule has 0 saturated heterocycles. The molecule has 4 nitrogen and oxygen atoms in total. The van der Waals surface area contributed by atoms with Crippen molar-refractivity contribution in [1.29, 1.82) is 0 Å². The number of fused-ring (bicyclic) bond motifs is 3. The van der Waals surface area contributed by atoms with Crippen LogP contribution in [0.3, 0.4) is 0 Å². The van der Waals surface area contributed by atoms with E-state index in [4.69, 9.17) is 4.74 Å². The summed E-state index contributed by atoms with van der Waals surface area (Å²) in [4.78, 5) is 17.5. The second kappa shape index (κ2) is 8.82. The predicted octanol–water partition coefficient (Wildman–Crippen LogP) is 6.54. The summed E-state index contributed by atoms with van der Waals surface area (Å²) >= 11 is 0. The second-order valence-electron chi connectivity index (χ2n) is 8.56. The predicted molar refractivity (Wildman–Crippen MR) is 119 cm³/mol. The number of methoxy groups -OCH3 is 1. The number of benzene rings is 3. The Kier molecular flexibility index (Phi) is 5.88. The van der Waals surface area contributed by atoms with E-state index >= 15 is 4.39 Å². The van der Waals surface area contributed by atoms with Crippen LogP contribution in [0.25, 0.3) is 10.9 Å². The topological polar surface area (TPSA) is 45.3 Å². The number of amides is 1. The van der Waals surface area contributed by atoms with E-state index in [1.807, 2.05) is 0 Å². The number of ether oxygens (including phenoxy) is 1. The van der Waals surface area contributed by atoms with E-state index in [9.17, 15) is 31.1 Å². The van der Waals surface area contributed by atoms with Gasteiger partial charge in [-0.3, -0.25) is 4.79 Å². The summed E-state index contributed by atoms with van der Waals surface area (Å²) in [7, 11) is 1.46. The number of nitrogens with one attached hydrogen (secondary N) is 1. The third-order valence-electron chi connectivity index (χ3n) is 6.45. The summed E-state index contributed by atoms with van der Waals surface area (Å²) in [5.41, 5.74) is -1.15. The molecule has 4 aromatic rings. The molecule has 1 N–H and O–H groups in total. The van der Waals surface area contributed by atoms with Crippen LogP contribution in [0, 0.1) is 23.3 Å². The largest absolute Gasteiger partial charge is 0.497 e. The Hall–Kier alpha value is -4.02. The summed E-state index contributed by atoms with van der Waals surface area (Å²) in [6, 6.07) is 5.90. The molecule has 192 valence electrons. The van der Waals surface area contributed by atoms with E-state index in [1.54, 1.807) is 18.2 Å². The monoisotopic (exact) mass is 522 g/mol. The normalized spacial score (nSPS) is 15.7. The summed E-state index contributed by atoms with van der Waals surface area (Å²) in [5.74, 6) is -5.90. The lowest BCUT2D eigenvalue weighted by atomic mass is 9.91. The van der Waals surface area contributed by atoms with Crippen LogP contribution >= 0.6 is 0 Å². The average Bonchev–Trinajstić information content (AvgIpc) is 3.23. The SMILES string of the molecule is COc1ccc2[nH]c3c(c2c1)CCN(C(=O)c1cc(C(F)(F)F)ccc1F)C3c1cc(F)c(F)cc1F. The van der Waals surface area contributed by atoms with Crippen LogP contribution in [0.4, 0.5) is 30.7 Å². The first-order valence-corrected chi connectivity index (χ1v) is 11.0. The van der Waals surface area contributed by atoms with Gasteiger partial charge < -0.3 is 14.6 Å². The number of halogens is 7. The van der Waals surface area contributed by atoms with Crippen molar-refractivity contribution in [3.63, 3.8) is 0 Å². The van der Waals surface area contributed by atoms with Gasteiger partial charge in [0.1, 0.15) is 23.4 Å². The van der Waals surface area contributed by atoms with Gasteiger partial charge in [-0.1, -0.05) is 0 Å². The zero-order chi connectivity index (χ0) is 26.6. The van der Waals surface area contributed by atoms with Gasteiger partial charge in [0.2, 0.25) is 0 Å². The molecule has 1 aliphatic rings. The number of H-pyrrole nitrogens is 1. The molecule has 37 heavy (non-hydrogen) atoms. The molecule has 0 spiro atoms. The van der Waals surface area contributed by atoms with Gasteiger partial charge >= 0.3 is 6.18 Å². The lowest BCUT2D eigenvalue weighted by Crippen LogP contribution is -2.41. The Bertz CT molecular complexity index is 1540. The molecule has 2 heterocycles. The van der Waals surface area contributed by atoms with E-state index < -0.39 is 58.1 Å². The molecule has 1 atom stereocenters. The highest BCUT2D eigenvalue weighted by atomic mass is 19.4. The van der Waals surface area contributed by atoms with Crippen LogP contribution in [0.2, 0.25) is 0 Å². The van der Waals surface area contributed by atoms with E-state index in [0.29, 0.717) is 52.5 Å². The number of aromatic nitrogens is 1. The molecule has 0 aliphatic carbocycles. The van der Waals surface area contributed by atoms with Crippen molar-refractivity contribution in [2.24, 2.45) is 0 Å². The number of rotatable bonds is 3. The molecule has 0 bridgehead atoms. The van der Waals surface area contributed by atoms with Crippen LogP contribution in [-0.4, -0.2) is 29.4 Å². The smallest absolute Gasteiger partial charge is 0.416 e. The summed E-state index contributed by atoms with van der Waals surface area (Å²) in [6.07, 6.45) is -4.68. The Balaban J connectivity index is 1.71. The van der Waals surface area contributed by atoms with Gasteiger partial charge in [-0.05, 0) is 54.4 Å². The van der Waals surface area contributed by atoms with Crippen LogP contribution in [-0.2, 0) is 12.6 Å². The molecular formula is C26H17F7N2O2.